The molecule has 0 radical (unpaired) electrons. The van der Waals surface area contributed by atoms with E-state index < -0.39 is 5.60 Å². The minimum Gasteiger partial charge on any atom is -0.493 e. The number of rotatable bonds is 5. The van der Waals surface area contributed by atoms with Crippen molar-refractivity contribution >= 4 is 5.91 Å². The van der Waals surface area contributed by atoms with Crippen molar-refractivity contribution in [1.82, 2.24) is 4.90 Å². The van der Waals surface area contributed by atoms with Crippen LogP contribution in [0.5, 0.6) is 5.75 Å². The molecule has 1 fully saturated rings. The van der Waals surface area contributed by atoms with Gasteiger partial charge in [-0.2, -0.15) is 0 Å². The third kappa shape index (κ3) is 4.74. The molecular weight excluding hydrogens is 266 g/mol. The van der Waals surface area contributed by atoms with Crippen molar-refractivity contribution in [3.63, 3.8) is 0 Å². The van der Waals surface area contributed by atoms with E-state index in [9.17, 15) is 9.90 Å². The number of ether oxygens (including phenoxy) is 1. The van der Waals surface area contributed by atoms with Gasteiger partial charge >= 0.3 is 0 Å². The van der Waals surface area contributed by atoms with Gasteiger partial charge in [-0.1, -0.05) is 18.2 Å². The highest BCUT2D eigenvalue weighted by molar-refractivity contribution is 5.76. The summed E-state index contributed by atoms with van der Waals surface area (Å²) in [4.78, 5) is 13.9. The van der Waals surface area contributed by atoms with Crippen LogP contribution >= 0.6 is 0 Å². The van der Waals surface area contributed by atoms with Gasteiger partial charge in [0, 0.05) is 19.5 Å². The number of likely N-dealkylation sites (tertiary alicyclic amines) is 1. The molecule has 4 heteroatoms. The van der Waals surface area contributed by atoms with Crippen molar-refractivity contribution in [3.05, 3.63) is 29.8 Å². The van der Waals surface area contributed by atoms with Gasteiger partial charge in [-0.15, -0.1) is 0 Å². The van der Waals surface area contributed by atoms with Gasteiger partial charge in [0.05, 0.1) is 12.2 Å². The predicted molar refractivity (Wildman–Crippen MR) is 82.3 cm³/mol. The lowest BCUT2D eigenvalue weighted by atomic mass is 9.93. The van der Waals surface area contributed by atoms with Gasteiger partial charge in [0.15, 0.2) is 0 Å². The minimum absolute atomic E-state index is 0.166. The van der Waals surface area contributed by atoms with E-state index in [4.69, 9.17) is 4.74 Å². The third-order valence-corrected chi connectivity index (χ3v) is 4.08. The van der Waals surface area contributed by atoms with Crippen LogP contribution in [0.1, 0.15) is 38.2 Å². The molecule has 0 unspecified atom stereocenters. The number of aryl methyl sites for hydroxylation is 1. The maximum Gasteiger partial charge on any atom is 0.222 e. The maximum atomic E-state index is 12.1. The zero-order chi connectivity index (χ0) is 15.3. The van der Waals surface area contributed by atoms with Gasteiger partial charge in [-0.05, 0) is 44.7 Å². The van der Waals surface area contributed by atoms with Crippen LogP contribution in [-0.2, 0) is 4.79 Å². The Labute approximate surface area is 126 Å². The number of amides is 1. The number of hydrogen-bond acceptors (Lipinski definition) is 3. The molecule has 1 aliphatic heterocycles. The van der Waals surface area contributed by atoms with E-state index in [0.29, 0.717) is 39.0 Å². The molecule has 1 N–H and O–H groups in total. The van der Waals surface area contributed by atoms with Crippen molar-refractivity contribution < 1.29 is 14.6 Å². The Morgan fingerprint density at radius 2 is 2.00 bits per heavy atom. The Kier molecular flexibility index (Phi) is 5.23. The monoisotopic (exact) mass is 291 g/mol. The van der Waals surface area contributed by atoms with Crippen molar-refractivity contribution in [3.8, 4) is 5.75 Å². The van der Waals surface area contributed by atoms with Crippen LogP contribution in [0.3, 0.4) is 0 Å². The lowest BCUT2D eigenvalue weighted by Gasteiger charge is -2.35. The topological polar surface area (TPSA) is 49.8 Å². The molecule has 0 atom stereocenters. The maximum absolute atomic E-state index is 12.1. The highest BCUT2D eigenvalue weighted by Gasteiger charge is 2.29. The molecule has 21 heavy (non-hydrogen) atoms. The molecular formula is C17H25NO3. The molecule has 1 aliphatic rings. The number of nitrogens with zero attached hydrogens (tertiary/aromatic N) is 1. The molecule has 1 aromatic rings. The second-order valence-corrected chi connectivity index (χ2v) is 6.10. The zero-order valence-corrected chi connectivity index (χ0v) is 13.0. The number of hydrogen-bond donors (Lipinski definition) is 1. The van der Waals surface area contributed by atoms with Crippen LogP contribution in [0.4, 0.5) is 0 Å². The van der Waals surface area contributed by atoms with Crippen LogP contribution in [0, 0.1) is 6.92 Å². The number of carbonyl (C=O) groups excluding carboxylic acids is 1. The highest BCUT2D eigenvalue weighted by atomic mass is 16.5. The zero-order valence-electron chi connectivity index (χ0n) is 13.0. The molecule has 0 saturated carbocycles. The first-order chi connectivity index (χ1) is 9.98. The summed E-state index contributed by atoms with van der Waals surface area (Å²) in [5.74, 6) is 1.05. The summed E-state index contributed by atoms with van der Waals surface area (Å²) in [7, 11) is 0. The molecule has 0 spiro atoms. The average Bonchev–Trinajstić information content (AvgIpc) is 2.45. The van der Waals surface area contributed by atoms with Gasteiger partial charge in [-0.25, -0.2) is 0 Å². The van der Waals surface area contributed by atoms with Gasteiger partial charge in [-0.3, -0.25) is 4.79 Å². The first-order valence-electron chi connectivity index (χ1n) is 7.66. The SMILES string of the molecule is Cc1ccccc1OCCCC(=O)N1CCC(C)(O)CC1. The quantitative estimate of drug-likeness (QED) is 0.848. The molecule has 4 nitrogen and oxygen atoms in total. The standard InChI is InChI=1S/C17H25NO3/c1-14-6-3-4-7-15(14)21-13-5-8-16(19)18-11-9-17(2,20)10-12-18/h3-4,6-7,20H,5,8-13H2,1-2H3. The Morgan fingerprint density at radius 3 is 2.67 bits per heavy atom. The van der Waals surface area contributed by atoms with Crippen LogP contribution in [0.15, 0.2) is 24.3 Å². The van der Waals surface area contributed by atoms with E-state index >= 15 is 0 Å². The van der Waals surface area contributed by atoms with Crippen LogP contribution < -0.4 is 4.74 Å². The van der Waals surface area contributed by atoms with Crippen molar-refractivity contribution in [2.24, 2.45) is 0 Å². The highest BCUT2D eigenvalue weighted by Crippen LogP contribution is 2.22. The fraction of sp³-hybridized carbons (Fsp3) is 0.588. The summed E-state index contributed by atoms with van der Waals surface area (Å²) >= 11 is 0. The first-order valence-corrected chi connectivity index (χ1v) is 7.66. The van der Waals surface area contributed by atoms with E-state index in [-0.39, 0.29) is 5.91 Å². The summed E-state index contributed by atoms with van der Waals surface area (Å²) in [6.07, 6.45) is 2.56. The summed E-state index contributed by atoms with van der Waals surface area (Å²) in [6, 6.07) is 7.90. The van der Waals surface area contributed by atoms with Crippen LogP contribution in [0.25, 0.3) is 0 Å². The second kappa shape index (κ2) is 6.94. The summed E-state index contributed by atoms with van der Waals surface area (Å²) in [5.41, 5.74) is 0.507. The minimum atomic E-state index is -0.606. The number of carbonyl (C=O) groups is 1. The average molecular weight is 291 g/mol. The van der Waals surface area contributed by atoms with Gasteiger partial charge < -0.3 is 14.7 Å². The molecule has 0 aliphatic carbocycles. The van der Waals surface area contributed by atoms with Gasteiger partial charge in [0.1, 0.15) is 5.75 Å². The van der Waals surface area contributed by atoms with Crippen molar-refractivity contribution in [1.29, 1.82) is 0 Å². The third-order valence-electron chi connectivity index (χ3n) is 4.08. The summed E-state index contributed by atoms with van der Waals surface area (Å²) < 4.78 is 5.70. The van der Waals surface area contributed by atoms with E-state index in [0.717, 1.165) is 17.7 Å². The number of para-hydroxylation sites is 1. The lowest BCUT2D eigenvalue weighted by Crippen LogP contribution is -2.45. The van der Waals surface area contributed by atoms with Crippen LogP contribution in [0.2, 0.25) is 0 Å². The fourth-order valence-corrected chi connectivity index (χ4v) is 2.52. The molecule has 1 heterocycles. The van der Waals surface area contributed by atoms with Crippen molar-refractivity contribution in [2.75, 3.05) is 19.7 Å². The smallest absolute Gasteiger partial charge is 0.222 e. The lowest BCUT2D eigenvalue weighted by molar-refractivity contribution is -0.135. The molecule has 2 rings (SSSR count). The largest absolute Gasteiger partial charge is 0.493 e. The molecule has 1 aromatic carbocycles. The fourth-order valence-electron chi connectivity index (χ4n) is 2.52. The van der Waals surface area contributed by atoms with E-state index in [1.165, 1.54) is 0 Å². The molecule has 0 bridgehead atoms. The number of aliphatic hydroxyl groups is 1. The number of benzene rings is 1. The van der Waals surface area contributed by atoms with Crippen LogP contribution in [-0.4, -0.2) is 41.2 Å². The van der Waals surface area contributed by atoms with E-state index in [1.807, 2.05) is 43.0 Å². The predicted octanol–water partition coefficient (Wildman–Crippen LogP) is 2.53. The number of piperidine rings is 1. The summed E-state index contributed by atoms with van der Waals surface area (Å²) in [6.45, 7) is 5.72. The summed E-state index contributed by atoms with van der Waals surface area (Å²) in [5, 5.41) is 9.88. The Hall–Kier alpha value is -1.55. The van der Waals surface area contributed by atoms with E-state index in [2.05, 4.69) is 0 Å². The Balaban J connectivity index is 1.67. The van der Waals surface area contributed by atoms with Gasteiger partial charge in [0.25, 0.3) is 0 Å². The Morgan fingerprint density at radius 1 is 1.33 bits per heavy atom. The normalized spacial score (nSPS) is 17.6. The first kappa shape index (κ1) is 15.8. The van der Waals surface area contributed by atoms with Gasteiger partial charge in [0.2, 0.25) is 5.91 Å². The second-order valence-electron chi connectivity index (χ2n) is 6.10. The molecule has 1 saturated heterocycles. The van der Waals surface area contributed by atoms with Crippen molar-refractivity contribution in [2.45, 2.75) is 45.1 Å². The molecule has 116 valence electrons. The molecule has 1 amide bonds. The Bertz CT molecular complexity index is 475. The molecule has 0 aromatic heterocycles. The van der Waals surface area contributed by atoms with E-state index in [1.54, 1.807) is 0 Å².